The van der Waals surface area contributed by atoms with E-state index in [4.69, 9.17) is 28.3 Å². The van der Waals surface area contributed by atoms with Crippen LogP contribution in [0.4, 0.5) is 0 Å². The Morgan fingerprint density at radius 2 is 2.15 bits per heavy atom. The van der Waals surface area contributed by atoms with Crippen LogP contribution in [-0.4, -0.2) is 21.0 Å². The van der Waals surface area contributed by atoms with Crippen LogP contribution in [0.1, 0.15) is 21.7 Å². The van der Waals surface area contributed by atoms with Gasteiger partial charge in [-0.05, 0) is 25.1 Å². The first-order valence-electron chi connectivity index (χ1n) is 5.61. The van der Waals surface area contributed by atoms with E-state index >= 15 is 0 Å². The van der Waals surface area contributed by atoms with Crippen molar-refractivity contribution in [2.24, 2.45) is 0 Å². The molecule has 0 aromatic carbocycles. The second-order valence-electron chi connectivity index (χ2n) is 3.99. The Bertz CT molecular complexity index is 642. The Morgan fingerprint density at radius 3 is 2.80 bits per heavy atom. The molecule has 1 N–H and O–H groups in total. The van der Waals surface area contributed by atoms with Crippen LogP contribution in [0.25, 0.3) is 0 Å². The summed E-state index contributed by atoms with van der Waals surface area (Å²) in [5, 5.41) is 9.82. The number of carbonyl (C=O) groups is 1. The molecule has 0 unspecified atom stereocenters. The van der Waals surface area contributed by atoms with Gasteiger partial charge in [0.25, 0.3) is 0 Å². The summed E-state index contributed by atoms with van der Waals surface area (Å²) in [6.45, 7) is 1.82. The number of rotatable bonds is 4. The Balaban J connectivity index is 2.17. The van der Waals surface area contributed by atoms with Crippen molar-refractivity contribution in [1.82, 2.24) is 9.97 Å². The van der Waals surface area contributed by atoms with Gasteiger partial charge in [-0.3, -0.25) is 0 Å². The monoisotopic (exact) mass is 328 g/mol. The molecule has 4 nitrogen and oxygen atoms in total. The zero-order valence-corrected chi connectivity index (χ0v) is 12.8. The number of halogens is 2. The van der Waals surface area contributed by atoms with Crippen molar-refractivity contribution >= 4 is 40.9 Å². The van der Waals surface area contributed by atoms with Crippen LogP contribution in [0.2, 0.25) is 10.2 Å². The summed E-state index contributed by atoms with van der Waals surface area (Å²) in [5.41, 5.74) is 1.50. The fourth-order valence-electron chi connectivity index (χ4n) is 1.53. The van der Waals surface area contributed by atoms with E-state index in [1.54, 1.807) is 12.1 Å². The van der Waals surface area contributed by atoms with Gasteiger partial charge in [0.05, 0.1) is 0 Å². The molecule has 20 heavy (non-hydrogen) atoms. The molecule has 2 heterocycles. The van der Waals surface area contributed by atoms with E-state index in [1.807, 2.05) is 6.92 Å². The minimum Gasteiger partial charge on any atom is -0.477 e. The van der Waals surface area contributed by atoms with Crippen LogP contribution in [0.5, 0.6) is 0 Å². The molecule has 0 bridgehead atoms. The zero-order chi connectivity index (χ0) is 14.7. The van der Waals surface area contributed by atoms with Gasteiger partial charge in [-0.1, -0.05) is 23.2 Å². The lowest BCUT2D eigenvalue weighted by atomic mass is 10.3. The molecule has 104 valence electrons. The molecule has 0 aliphatic rings. The maximum Gasteiger partial charge on any atom is 0.354 e. The van der Waals surface area contributed by atoms with Crippen molar-refractivity contribution in [2.75, 3.05) is 0 Å². The summed E-state index contributed by atoms with van der Waals surface area (Å²) in [5.74, 6) is -0.547. The van der Waals surface area contributed by atoms with Gasteiger partial charge in [0.2, 0.25) is 0 Å². The molecule has 0 radical (unpaired) electrons. The van der Waals surface area contributed by atoms with Gasteiger partial charge in [0.15, 0.2) is 0 Å². The fourth-order valence-corrected chi connectivity index (χ4v) is 3.30. The smallest absolute Gasteiger partial charge is 0.354 e. The first-order valence-corrected chi connectivity index (χ1v) is 7.35. The van der Waals surface area contributed by atoms with E-state index < -0.39 is 5.97 Å². The van der Waals surface area contributed by atoms with E-state index in [2.05, 4.69) is 9.97 Å². The van der Waals surface area contributed by atoms with Gasteiger partial charge in [-0.15, -0.1) is 11.8 Å². The highest BCUT2D eigenvalue weighted by Crippen LogP contribution is 2.31. The second-order valence-corrected chi connectivity index (χ2v) is 5.80. The van der Waals surface area contributed by atoms with Gasteiger partial charge < -0.3 is 5.11 Å². The predicted octanol–water partition coefficient (Wildman–Crippen LogP) is 4.08. The molecule has 2 aromatic heterocycles. The number of aromatic carboxylic acids is 1. The SMILES string of the molecule is Cc1cc(Cl)c(CSc2ccnc(C(=O)O)c2)c(Cl)n1. The molecule has 0 aliphatic carbocycles. The Morgan fingerprint density at radius 1 is 1.40 bits per heavy atom. The summed E-state index contributed by atoms with van der Waals surface area (Å²) < 4.78 is 0. The van der Waals surface area contributed by atoms with E-state index in [9.17, 15) is 4.79 Å². The third-order valence-electron chi connectivity index (χ3n) is 2.48. The minimum atomic E-state index is -1.06. The van der Waals surface area contributed by atoms with Gasteiger partial charge in [0, 0.05) is 33.1 Å². The summed E-state index contributed by atoms with van der Waals surface area (Å²) >= 11 is 13.6. The molecule has 0 saturated heterocycles. The van der Waals surface area contributed by atoms with Crippen LogP contribution in [-0.2, 0) is 5.75 Å². The zero-order valence-electron chi connectivity index (χ0n) is 10.4. The van der Waals surface area contributed by atoms with Crippen molar-refractivity contribution in [3.8, 4) is 0 Å². The summed E-state index contributed by atoms with van der Waals surface area (Å²) in [6, 6.07) is 5.00. The number of hydrogen-bond donors (Lipinski definition) is 1. The molecule has 7 heteroatoms. The van der Waals surface area contributed by atoms with Crippen molar-refractivity contribution in [3.05, 3.63) is 51.5 Å². The van der Waals surface area contributed by atoms with E-state index in [0.29, 0.717) is 15.9 Å². The van der Waals surface area contributed by atoms with E-state index in [0.717, 1.165) is 16.2 Å². The quantitative estimate of drug-likeness (QED) is 0.676. The first-order chi connectivity index (χ1) is 9.47. The molecule has 2 aromatic rings. The van der Waals surface area contributed by atoms with Crippen molar-refractivity contribution in [2.45, 2.75) is 17.6 Å². The molecule has 0 spiro atoms. The number of carboxylic acid groups (broad SMARTS) is 1. The van der Waals surface area contributed by atoms with Crippen LogP contribution >= 0.6 is 35.0 Å². The fraction of sp³-hybridized carbons (Fsp3) is 0.154. The summed E-state index contributed by atoms with van der Waals surface area (Å²) in [4.78, 5) is 19.5. The second kappa shape index (κ2) is 6.43. The van der Waals surface area contributed by atoms with Gasteiger partial charge >= 0.3 is 5.97 Å². The maximum absolute atomic E-state index is 10.8. The first kappa shape index (κ1) is 15.1. The standard InChI is InChI=1S/C13H10Cl2N2O2S/c1-7-4-10(14)9(12(15)17-7)6-20-8-2-3-16-11(5-8)13(18)19/h2-5H,6H2,1H3,(H,18,19). The topological polar surface area (TPSA) is 63.1 Å². The van der Waals surface area contributed by atoms with Gasteiger partial charge in [-0.25, -0.2) is 14.8 Å². The molecule has 0 aliphatic heterocycles. The number of nitrogens with zero attached hydrogens (tertiary/aromatic N) is 2. The lowest BCUT2D eigenvalue weighted by Crippen LogP contribution is -1.99. The number of pyridine rings is 2. The van der Waals surface area contributed by atoms with Crippen molar-refractivity contribution < 1.29 is 9.90 Å². The normalized spacial score (nSPS) is 10.6. The molecule has 0 saturated carbocycles. The summed E-state index contributed by atoms with van der Waals surface area (Å²) in [6.07, 6.45) is 1.46. The highest BCUT2D eigenvalue weighted by molar-refractivity contribution is 7.98. The number of thioether (sulfide) groups is 1. The van der Waals surface area contributed by atoms with Gasteiger partial charge in [-0.2, -0.15) is 0 Å². The predicted molar refractivity (Wildman–Crippen MR) is 79.8 cm³/mol. The van der Waals surface area contributed by atoms with E-state index in [1.165, 1.54) is 24.0 Å². The molecule has 0 amide bonds. The lowest BCUT2D eigenvalue weighted by molar-refractivity contribution is 0.0690. The average molecular weight is 329 g/mol. The molecular formula is C13H10Cl2N2O2S. The lowest BCUT2D eigenvalue weighted by Gasteiger charge is -2.07. The molecule has 2 rings (SSSR count). The highest BCUT2D eigenvalue weighted by atomic mass is 35.5. The summed E-state index contributed by atoms with van der Waals surface area (Å²) in [7, 11) is 0. The Hall–Kier alpha value is -1.30. The largest absolute Gasteiger partial charge is 0.477 e. The number of carboxylic acids is 1. The Kier molecular flexibility index (Phi) is 4.86. The van der Waals surface area contributed by atoms with Gasteiger partial charge in [0.1, 0.15) is 10.8 Å². The Labute approximate surface area is 130 Å². The van der Waals surface area contributed by atoms with Crippen molar-refractivity contribution in [3.63, 3.8) is 0 Å². The average Bonchev–Trinajstić information content (AvgIpc) is 2.37. The van der Waals surface area contributed by atoms with Crippen LogP contribution in [0.15, 0.2) is 29.3 Å². The van der Waals surface area contributed by atoms with Crippen LogP contribution in [0.3, 0.4) is 0 Å². The number of aromatic nitrogens is 2. The molecule has 0 fully saturated rings. The minimum absolute atomic E-state index is 0.00854. The highest BCUT2D eigenvalue weighted by Gasteiger charge is 2.10. The van der Waals surface area contributed by atoms with E-state index in [-0.39, 0.29) is 5.69 Å². The molecular weight excluding hydrogens is 319 g/mol. The molecule has 0 atom stereocenters. The third-order valence-corrected chi connectivity index (χ3v) is 4.15. The number of aryl methyl sites for hydroxylation is 1. The number of hydrogen-bond acceptors (Lipinski definition) is 4. The third kappa shape index (κ3) is 3.62. The van der Waals surface area contributed by atoms with Crippen LogP contribution < -0.4 is 0 Å². The van der Waals surface area contributed by atoms with Crippen molar-refractivity contribution in [1.29, 1.82) is 0 Å². The van der Waals surface area contributed by atoms with Crippen LogP contribution in [0, 0.1) is 6.92 Å². The maximum atomic E-state index is 10.8.